The van der Waals surface area contributed by atoms with Gasteiger partial charge >= 0.3 is 6.09 Å². The minimum Gasteiger partial charge on any atom is -0.423 e. The number of rotatable bonds is 6. The first-order chi connectivity index (χ1) is 10.6. The third-order valence-corrected chi connectivity index (χ3v) is 3.66. The van der Waals surface area contributed by atoms with Crippen LogP contribution in [0.2, 0.25) is 0 Å². The van der Waals surface area contributed by atoms with Crippen molar-refractivity contribution in [3.8, 4) is 12.3 Å². The maximum absolute atomic E-state index is 11.8. The van der Waals surface area contributed by atoms with E-state index in [0.717, 1.165) is 31.2 Å². The molecule has 0 saturated carbocycles. The molecule has 1 aromatic rings. The number of terminal acetylenes is 1. The number of benzene rings is 1. The molecule has 0 aliphatic carbocycles. The molecular weight excluding hydrogens is 274 g/mol. The summed E-state index contributed by atoms with van der Waals surface area (Å²) in [5, 5.41) is 0. The number of cyclic esters (lactones) is 1. The molecule has 120 valence electrons. The summed E-state index contributed by atoms with van der Waals surface area (Å²) < 4.78 is 5.22. The molecule has 1 fully saturated rings. The molecule has 1 aromatic carbocycles. The smallest absolute Gasteiger partial charge is 0.415 e. The van der Waals surface area contributed by atoms with Gasteiger partial charge in [-0.2, -0.15) is 0 Å². The molecule has 1 heterocycles. The maximum Gasteiger partial charge on any atom is 0.415 e. The van der Waals surface area contributed by atoms with Crippen LogP contribution in [0, 0.1) is 12.3 Å². The highest BCUT2D eigenvalue weighted by molar-refractivity contribution is 5.74. The van der Waals surface area contributed by atoms with E-state index >= 15 is 0 Å². The lowest BCUT2D eigenvalue weighted by Gasteiger charge is -2.50. The number of ether oxygens (including phenoxy) is 1. The minimum atomic E-state index is -0.524. The van der Waals surface area contributed by atoms with E-state index in [-0.39, 0.29) is 12.1 Å². The summed E-state index contributed by atoms with van der Waals surface area (Å²) in [5.41, 5.74) is 0.627. The van der Waals surface area contributed by atoms with Crippen LogP contribution < -0.4 is 0 Å². The minimum absolute atomic E-state index is 0.0604. The molecule has 0 spiro atoms. The Morgan fingerprint density at radius 2 is 1.86 bits per heavy atom. The third kappa shape index (κ3) is 4.27. The summed E-state index contributed by atoms with van der Waals surface area (Å²) in [6.45, 7) is 7.84. The summed E-state index contributed by atoms with van der Waals surface area (Å²) in [7, 11) is 0. The van der Waals surface area contributed by atoms with Crippen LogP contribution in [0.25, 0.3) is 0 Å². The van der Waals surface area contributed by atoms with Crippen LogP contribution in [0.4, 0.5) is 4.79 Å². The zero-order valence-corrected chi connectivity index (χ0v) is 14.1. The largest absolute Gasteiger partial charge is 0.423 e. The van der Waals surface area contributed by atoms with E-state index in [4.69, 9.17) is 11.2 Å². The van der Waals surface area contributed by atoms with Gasteiger partial charge < -0.3 is 4.74 Å². The number of carbonyl (C=O) groups excluding carboxylic acids is 1. The molecule has 1 aliphatic rings. The van der Waals surface area contributed by atoms with Crippen molar-refractivity contribution in [3.63, 3.8) is 0 Å². The van der Waals surface area contributed by atoms with E-state index in [9.17, 15) is 4.79 Å². The highest BCUT2D eigenvalue weighted by atomic mass is 16.6. The quantitative estimate of drug-likeness (QED) is 0.538. The average Bonchev–Trinajstić information content (AvgIpc) is 2.52. The number of unbranched alkanes of at least 4 members (excludes halogenated alkanes) is 2. The zero-order valence-electron chi connectivity index (χ0n) is 14.1. The van der Waals surface area contributed by atoms with Gasteiger partial charge in [0.15, 0.2) is 5.72 Å². The van der Waals surface area contributed by atoms with Crippen LogP contribution in [0.1, 0.15) is 65.0 Å². The monoisotopic (exact) mass is 301 g/mol. The molecule has 1 saturated heterocycles. The first-order valence-corrected chi connectivity index (χ1v) is 8.07. The van der Waals surface area contributed by atoms with Crippen molar-refractivity contribution in [1.29, 1.82) is 0 Å². The van der Waals surface area contributed by atoms with Crippen molar-refractivity contribution < 1.29 is 9.53 Å². The zero-order chi connectivity index (χ0) is 16.6. The Morgan fingerprint density at radius 1 is 1.23 bits per heavy atom. The fourth-order valence-corrected chi connectivity index (χ4v) is 2.68. The number of amides is 1. The predicted molar refractivity (Wildman–Crippen MR) is 90.2 cm³/mol. The lowest BCUT2D eigenvalue weighted by atomic mass is 9.96. The third-order valence-electron chi connectivity index (χ3n) is 3.66. The summed E-state index contributed by atoms with van der Waals surface area (Å²) in [4.78, 5) is 13.7. The summed E-state index contributed by atoms with van der Waals surface area (Å²) >= 11 is 0. The summed E-state index contributed by atoms with van der Waals surface area (Å²) in [5.74, 6) is 2.66. The predicted octanol–water partition coefficient (Wildman–Crippen LogP) is 5.14. The van der Waals surface area contributed by atoms with E-state index < -0.39 is 5.72 Å². The van der Waals surface area contributed by atoms with Crippen LogP contribution in [0.3, 0.4) is 0 Å². The lowest BCUT2D eigenvalue weighted by Crippen LogP contribution is -2.62. The van der Waals surface area contributed by atoms with Crippen LogP contribution in [0.5, 0.6) is 0 Å². The van der Waals surface area contributed by atoms with Gasteiger partial charge in [0.05, 0.1) is 6.04 Å². The molecule has 1 amide bonds. The second kappa shape index (κ2) is 8.48. The normalized spacial score (nSPS) is 16.5. The van der Waals surface area contributed by atoms with E-state index in [1.54, 1.807) is 0 Å². The van der Waals surface area contributed by atoms with Crippen molar-refractivity contribution in [1.82, 2.24) is 4.90 Å². The van der Waals surface area contributed by atoms with Crippen molar-refractivity contribution in [2.45, 2.75) is 65.1 Å². The first-order valence-electron chi connectivity index (χ1n) is 8.07. The van der Waals surface area contributed by atoms with Crippen molar-refractivity contribution >= 4 is 6.09 Å². The molecule has 22 heavy (non-hydrogen) atoms. The Kier molecular flexibility index (Phi) is 6.98. The van der Waals surface area contributed by atoms with E-state index in [1.165, 1.54) is 0 Å². The number of carbonyl (C=O) groups is 1. The van der Waals surface area contributed by atoms with Gasteiger partial charge in [-0.25, -0.2) is 4.79 Å². The molecule has 0 radical (unpaired) electrons. The van der Waals surface area contributed by atoms with Gasteiger partial charge in [-0.1, -0.05) is 50.6 Å². The van der Waals surface area contributed by atoms with E-state index in [2.05, 4.69) is 18.1 Å². The molecule has 3 heteroatoms. The van der Waals surface area contributed by atoms with Gasteiger partial charge in [0, 0.05) is 6.42 Å². The second-order valence-corrected chi connectivity index (χ2v) is 5.56. The molecule has 0 N–H and O–H groups in total. The topological polar surface area (TPSA) is 29.5 Å². The molecule has 0 bridgehead atoms. The second-order valence-electron chi connectivity index (χ2n) is 5.56. The number of nitrogens with zero attached hydrogens (tertiary/aromatic N) is 1. The SMILES string of the molecule is C#CCCCCC(c1ccccc1)N1C(=O)OC1(C)C.CC. The van der Waals surface area contributed by atoms with Crippen LogP contribution in [0.15, 0.2) is 30.3 Å². The lowest BCUT2D eigenvalue weighted by molar-refractivity contribution is -0.181. The van der Waals surface area contributed by atoms with Crippen molar-refractivity contribution in [2.24, 2.45) is 0 Å². The van der Waals surface area contributed by atoms with Gasteiger partial charge in [-0.3, -0.25) is 4.90 Å². The van der Waals surface area contributed by atoms with Gasteiger partial charge in [-0.05, 0) is 32.3 Å². The van der Waals surface area contributed by atoms with Gasteiger partial charge in [0.25, 0.3) is 0 Å². The molecule has 0 aromatic heterocycles. The Labute approximate surface area is 134 Å². The highest BCUT2D eigenvalue weighted by Crippen LogP contribution is 2.40. The summed E-state index contributed by atoms with van der Waals surface area (Å²) in [6.07, 6.45) is 8.74. The number of hydrogen-bond acceptors (Lipinski definition) is 2. The first kappa shape index (κ1) is 18.1. The van der Waals surface area contributed by atoms with Gasteiger partial charge in [0.2, 0.25) is 0 Å². The molecular formula is C19H27NO2. The van der Waals surface area contributed by atoms with E-state index in [1.807, 2.05) is 50.8 Å². The fourth-order valence-electron chi connectivity index (χ4n) is 2.68. The Balaban J connectivity index is 0.00000116. The average molecular weight is 301 g/mol. The fraction of sp³-hybridized carbons (Fsp3) is 0.526. The Bertz CT molecular complexity index is 502. The van der Waals surface area contributed by atoms with Crippen LogP contribution >= 0.6 is 0 Å². The number of hydrogen-bond donors (Lipinski definition) is 0. The van der Waals surface area contributed by atoms with Gasteiger partial charge in [0.1, 0.15) is 0 Å². The van der Waals surface area contributed by atoms with Gasteiger partial charge in [-0.15, -0.1) is 12.3 Å². The molecule has 1 unspecified atom stereocenters. The Hall–Kier alpha value is -1.95. The standard InChI is InChI=1S/C17H21NO2.C2H6/c1-4-5-6-10-13-15(14-11-8-7-9-12-14)18-16(19)20-17(18,2)3;1-2/h1,7-9,11-12,15H,5-6,10,13H2,2-3H3;1-2H3. The Morgan fingerprint density at radius 3 is 2.36 bits per heavy atom. The summed E-state index contributed by atoms with van der Waals surface area (Å²) in [6, 6.07) is 10.2. The molecule has 1 atom stereocenters. The van der Waals surface area contributed by atoms with Crippen LogP contribution in [-0.2, 0) is 4.74 Å². The highest BCUT2D eigenvalue weighted by Gasteiger charge is 2.49. The molecule has 3 nitrogen and oxygen atoms in total. The van der Waals surface area contributed by atoms with Crippen LogP contribution in [-0.4, -0.2) is 16.7 Å². The molecule has 1 aliphatic heterocycles. The maximum atomic E-state index is 11.8. The van der Waals surface area contributed by atoms with E-state index in [0.29, 0.717) is 0 Å². The van der Waals surface area contributed by atoms with Crippen molar-refractivity contribution in [3.05, 3.63) is 35.9 Å². The van der Waals surface area contributed by atoms with Crippen molar-refractivity contribution in [2.75, 3.05) is 0 Å². The molecule has 2 rings (SSSR count).